The van der Waals surface area contributed by atoms with E-state index in [1.807, 2.05) is 11.8 Å². The number of thioether (sulfide) groups is 1. The van der Waals surface area contributed by atoms with Crippen molar-refractivity contribution in [1.29, 1.82) is 0 Å². The van der Waals surface area contributed by atoms with Crippen molar-refractivity contribution in [2.24, 2.45) is 11.7 Å². The molecule has 17 heavy (non-hydrogen) atoms. The zero-order valence-corrected chi connectivity index (χ0v) is 12.5. The molecule has 0 aromatic heterocycles. The summed E-state index contributed by atoms with van der Waals surface area (Å²) >= 11 is 1.94. The van der Waals surface area contributed by atoms with Crippen molar-refractivity contribution < 1.29 is 0 Å². The maximum Gasteiger partial charge on any atom is 0.0226 e. The monoisotopic (exact) mass is 258 g/mol. The molecule has 0 saturated carbocycles. The molecule has 1 aliphatic heterocycles. The van der Waals surface area contributed by atoms with Crippen LogP contribution < -0.4 is 5.73 Å². The van der Waals surface area contributed by atoms with Crippen molar-refractivity contribution in [3.05, 3.63) is 0 Å². The van der Waals surface area contributed by atoms with Crippen LogP contribution in [0.5, 0.6) is 0 Å². The van der Waals surface area contributed by atoms with Crippen LogP contribution in [0.2, 0.25) is 0 Å². The third kappa shape index (κ3) is 5.62. The molecular formula is C14H30N2S. The van der Waals surface area contributed by atoms with E-state index in [9.17, 15) is 0 Å². The zero-order valence-electron chi connectivity index (χ0n) is 11.7. The standard InChI is InChI=1S/C14H30N2S/c1-3-5-13-6-4-9-16(10-7-13)14(12-15)8-11-17-2/h13-14H,3-12,15H2,1-2H3. The van der Waals surface area contributed by atoms with E-state index in [4.69, 9.17) is 5.73 Å². The maximum absolute atomic E-state index is 5.94. The summed E-state index contributed by atoms with van der Waals surface area (Å²) in [6.45, 7) is 5.69. The van der Waals surface area contributed by atoms with E-state index in [1.54, 1.807) is 0 Å². The minimum absolute atomic E-state index is 0.628. The average molecular weight is 258 g/mol. The van der Waals surface area contributed by atoms with Crippen LogP contribution in [0.3, 0.4) is 0 Å². The number of nitrogens with zero attached hydrogens (tertiary/aromatic N) is 1. The second kappa shape index (κ2) is 9.23. The van der Waals surface area contributed by atoms with Gasteiger partial charge in [-0.3, -0.25) is 4.90 Å². The Labute approximate surface area is 112 Å². The summed E-state index contributed by atoms with van der Waals surface area (Å²) in [6.07, 6.45) is 10.4. The Morgan fingerprint density at radius 1 is 1.35 bits per heavy atom. The van der Waals surface area contributed by atoms with Crippen LogP contribution >= 0.6 is 11.8 Å². The van der Waals surface area contributed by atoms with Crippen molar-refractivity contribution in [3.8, 4) is 0 Å². The zero-order chi connectivity index (χ0) is 12.5. The predicted molar refractivity (Wildman–Crippen MR) is 79.7 cm³/mol. The van der Waals surface area contributed by atoms with Gasteiger partial charge in [0.15, 0.2) is 0 Å². The van der Waals surface area contributed by atoms with Gasteiger partial charge in [-0.1, -0.05) is 19.8 Å². The molecule has 1 aliphatic rings. The number of hydrogen-bond acceptors (Lipinski definition) is 3. The number of rotatable bonds is 7. The third-order valence-corrected chi connectivity index (χ3v) is 4.67. The summed E-state index contributed by atoms with van der Waals surface area (Å²) in [5, 5.41) is 0. The van der Waals surface area contributed by atoms with Crippen LogP contribution in [0.4, 0.5) is 0 Å². The van der Waals surface area contributed by atoms with E-state index in [0.717, 1.165) is 12.5 Å². The molecule has 0 radical (unpaired) electrons. The molecule has 2 N–H and O–H groups in total. The lowest BCUT2D eigenvalue weighted by molar-refractivity contribution is 0.201. The number of nitrogens with two attached hydrogens (primary N) is 1. The first-order chi connectivity index (χ1) is 8.31. The van der Waals surface area contributed by atoms with E-state index in [0.29, 0.717) is 6.04 Å². The molecule has 0 spiro atoms. The molecule has 0 aromatic rings. The molecule has 1 heterocycles. The first-order valence-corrected chi connectivity index (χ1v) is 8.64. The van der Waals surface area contributed by atoms with Crippen molar-refractivity contribution in [2.45, 2.75) is 51.5 Å². The Hall–Kier alpha value is 0.270. The Bertz CT molecular complexity index is 187. The summed E-state index contributed by atoms with van der Waals surface area (Å²) in [4.78, 5) is 2.66. The lowest BCUT2D eigenvalue weighted by Crippen LogP contribution is -2.41. The second-order valence-corrected chi connectivity index (χ2v) is 6.28. The summed E-state index contributed by atoms with van der Waals surface area (Å²) < 4.78 is 0. The SMILES string of the molecule is CCCC1CCCN(C(CN)CCSC)CC1. The maximum atomic E-state index is 5.94. The van der Waals surface area contributed by atoms with Crippen LogP contribution in [0.25, 0.3) is 0 Å². The molecule has 0 aliphatic carbocycles. The predicted octanol–water partition coefficient (Wildman–Crippen LogP) is 2.97. The van der Waals surface area contributed by atoms with Crippen LogP contribution in [-0.2, 0) is 0 Å². The van der Waals surface area contributed by atoms with Crippen molar-refractivity contribution in [1.82, 2.24) is 4.90 Å². The largest absolute Gasteiger partial charge is 0.329 e. The van der Waals surface area contributed by atoms with Gasteiger partial charge in [-0.05, 0) is 56.7 Å². The fourth-order valence-corrected chi connectivity index (χ4v) is 3.46. The molecule has 102 valence electrons. The summed E-state index contributed by atoms with van der Waals surface area (Å²) in [5.74, 6) is 2.22. The van der Waals surface area contributed by atoms with Crippen molar-refractivity contribution in [2.75, 3.05) is 31.6 Å². The van der Waals surface area contributed by atoms with Gasteiger partial charge in [-0.15, -0.1) is 0 Å². The van der Waals surface area contributed by atoms with E-state index in [1.165, 1.54) is 57.4 Å². The molecule has 1 rings (SSSR count). The Morgan fingerprint density at radius 2 is 2.18 bits per heavy atom. The lowest BCUT2D eigenvalue weighted by Gasteiger charge is -2.29. The van der Waals surface area contributed by atoms with Gasteiger partial charge < -0.3 is 5.73 Å². The van der Waals surface area contributed by atoms with E-state index in [-0.39, 0.29) is 0 Å². The van der Waals surface area contributed by atoms with Crippen LogP contribution in [0, 0.1) is 5.92 Å². The van der Waals surface area contributed by atoms with E-state index < -0.39 is 0 Å². The van der Waals surface area contributed by atoms with E-state index >= 15 is 0 Å². The molecule has 0 aromatic carbocycles. The normalized spacial score (nSPS) is 24.5. The molecule has 2 atom stereocenters. The van der Waals surface area contributed by atoms with Gasteiger partial charge in [0.1, 0.15) is 0 Å². The molecule has 1 saturated heterocycles. The molecule has 2 unspecified atom stereocenters. The van der Waals surface area contributed by atoms with Crippen molar-refractivity contribution in [3.63, 3.8) is 0 Å². The molecule has 2 nitrogen and oxygen atoms in total. The molecule has 1 fully saturated rings. The smallest absolute Gasteiger partial charge is 0.0226 e. The lowest BCUT2D eigenvalue weighted by atomic mass is 9.96. The average Bonchev–Trinajstić information content (AvgIpc) is 2.57. The summed E-state index contributed by atoms with van der Waals surface area (Å²) in [5.41, 5.74) is 5.94. The summed E-state index contributed by atoms with van der Waals surface area (Å²) in [6, 6.07) is 0.628. The first kappa shape index (κ1) is 15.3. The highest BCUT2D eigenvalue weighted by Crippen LogP contribution is 2.23. The fourth-order valence-electron chi connectivity index (χ4n) is 2.95. The highest BCUT2D eigenvalue weighted by Gasteiger charge is 2.21. The van der Waals surface area contributed by atoms with Gasteiger partial charge in [0.25, 0.3) is 0 Å². The highest BCUT2D eigenvalue weighted by atomic mass is 32.2. The van der Waals surface area contributed by atoms with Gasteiger partial charge in [0, 0.05) is 12.6 Å². The number of likely N-dealkylation sites (tertiary alicyclic amines) is 1. The van der Waals surface area contributed by atoms with Crippen LogP contribution in [0.15, 0.2) is 0 Å². The third-order valence-electron chi connectivity index (χ3n) is 4.02. The number of hydrogen-bond donors (Lipinski definition) is 1. The topological polar surface area (TPSA) is 29.3 Å². The van der Waals surface area contributed by atoms with Crippen LogP contribution in [0.1, 0.15) is 45.4 Å². The van der Waals surface area contributed by atoms with Gasteiger partial charge >= 0.3 is 0 Å². The second-order valence-electron chi connectivity index (χ2n) is 5.29. The Morgan fingerprint density at radius 3 is 2.82 bits per heavy atom. The van der Waals surface area contributed by atoms with Gasteiger partial charge in [-0.2, -0.15) is 11.8 Å². The molecular weight excluding hydrogens is 228 g/mol. The highest BCUT2D eigenvalue weighted by molar-refractivity contribution is 7.98. The summed E-state index contributed by atoms with van der Waals surface area (Å²) in [7, 11) is 0. The van der Waals surface area contributed by atoms with Gasteiger partial charge in [0.05, 0.1) is 0 Å². The molecule has 0 bridgehead atoms. The molecule has 3 heteroatoms. The minimum atomic E-state index is 0.628. The first-order valence-electron chi connectivity index (χ1n) is 7.24. The quantitative estimate of drug-likeness (QED) is 0.761. The van der Waals surface area contributed by atoms with Gasteiger partial charge in [-0.25, -0.2) is 0 Å². The van der Waals surface area contributed by atoms with Crippen LogP contribution in [-0.4, -0.2) is 42.6 Å². The Balaban J connectivity index is 2.37. The fraction of sp³-hybridized carbons (Fsp3) is 1.00. The molecule has 0 amide bonds. The Kier molecular flexibility index (Phi) is 8.33. The minimum Gasteiger partial charge on any atom is -0.329 e. The van der Waals surface area contributed by atoms with Crippen molar-refractivity contribution >= 4 is 11.8 Å². The van der Waals surface area contributed by atoms with Gasteiger partial charge in [0.2, 0.25) is 0 Å². The van der Waals surface area contributed by atoms with E-state index in [2.05, 4.69) is 18.1 Å².